The van der Waals surface area contributed by atoms with E-state index in [1.807, 2.05) is 11.8 Å². The lowest BCUT2D eigenvalue weighted by molar-refractivity contribution is -0.134. The van der Waals surface area contributed by atoms with Gasteiger partial charge in [0.2, 0.25) is 5.91 Å². The molecular weight excluding hydrogens is 337 g/mol. The van der Waals surface area contributed by atoms with Crippen molar-refractivity contribution in [1.29, 1.82) is 0 Å². The molecule has 1 N–H and O–H groups in total. The van der Waals surface area contributed by atoms with Gasteiger partial charge in [-0.1, -0.05) is 18.7 Å². The number of likely N-dealkylation sites (tertiary alicyclic amines) is 1. The first-order valence-corrected chi connectivity index (χ1v) is 9.74. The van der Waals surface area contributed by atoms with E-state index in [2.05, 4.69) is 16.9 Å². The van der Waals surface area contributed by atoms with Crippen molar-refractivity contribution in [3.63, 3.8) is 0 Å². The monoisotopic (exact) mass is 361 g/mol. The Morgan fingerprint density at radius 1 is 1.40 bits per heavy atom. The number of halogens is 1. The molecule has 25 heavy (non-hydrogen) atoms. The highest BCUT2D eigenvalue weighted by molar-refractivity contribution is 8.00. The van der Waals surface area contributed by atoms with Gasteiger partial charge in [0.15, 0.2) is 5.16 Å². The second kappa shape index (κ2) is 8.04. The standard InChI is InChI=1S/C19H24FN3OS/c1-3-16-6-4-5-11-23(16)18(24)13(2)25-19-21-12-17(22-19)14-7-9-15(20)10-8-14/h7-10,12-13,16H,3-6,11H2,1-2H3,(H,21,22). The third-order valence-corrected chi connectivity index (χ3v) is 5.71. The van der Waals surface area contributed by atoms with Gasteiger partial charge >= 0.3 is 0 Å². The number of thioether (sulfide) groups is 1. The highest BCUT2D eigenvalue weighted by Crippen LogP contribution is 2.28. The fourth-order valence-corrected chi connectivity index (χ4v) is 4.16. The lowest BCUT2D eigenvalue weighted by Gasteiger charge is -2.36. The van der Waals surface area contributed by atoms with Crippen molar-refractivity contribution in [2.24, 2.45) is 0 Å². The predicted molar refractivity (Wildman–Crippen MR) is 98.9 cm³/mol. The summed E-state index contributed by atoms with van der Waals surface area (Å²) >= 11 is 1.44. The van der Waals surface area contributed by atoms with Crippen LogP contribution in [0.1, 0.15) is 39.5 Å². The molecule has 2 unspecified atom stereocenters. The third-order valence-electron chi connectivity index (χ3n) is 4.73. The molecule has 134 valence electrons. The summed E-state index contributed by atoms with van der Waals surface area (Å²) in [6.45, 7) is 4.95. The molecule has 1 aliphatic heterocycles. The molecule has 1 aromatic carbocycles. The predicted octanol–water partition coefficient (Wildman–Crippen LogP) is 4.49. The van der Waals surface area contributed by atoms with Gasteiger partial charge in [-0.05, 0) is 62.4 Å². The lowest BCUT2D eigenvalue weighted by atomic mass is 10.00. The SMILES string of the molecule is CCC1CCCCN1C(=O)C(C)Sc1ncc(-c2ccc(F)cc2)[nH]1. The molecule has 2 atom stereocenters. The number of carbonyl (C=O) groups excluding carboxylic acids is 1. The summed E-state index contributed by atoms with van der Waals surface area (Å²) in [6.07, 6.45) is 6.15. The Morgan fingerprint density at radius 2 is 2.16 bits per heavy atom. The molecule has 0 aliphatic carbocycles. The van der Waals surface area contributed by atoms with Gasteiger partial charge in [0.05, 0.1) is 17.1 Å². The van der Waals surface area contributed by atoms with Crippen LogP contribution in [-0.4, -0.2) is 38.6 Å². The molecule has 6 heteroatoms. The molecule has 0 bridgehead atoms. The van der Waals surface area contributed by atoms with Crippen LogP contribution < -0.4 is 0 Å². The molecule has 1 fully saturated rings. The van der Waals surface area contributed by atoms with Gasteiger partial charge in [0, 0.05) is 12.6 Å². The van der Waals surface area contributed by atoms with E-state index in [-0.39, 0.29) is 17.0 Å². The lowest BCUT2D eigenvalue weighted by Crippen LogP contribution is -2.46. The van der Waals surface area contributed by atoms with Gasteiger partial charge in [0.1, 0.15) is 5.82 Å². The van der Waals surface area contributed by atoms with Crippen molar-refractivity contribution in [2.75, 3.05) is 6.54 Å². The molecule has 2 aromatic rings. The summed E-state index contributed by atoms with van der Waals surface area (Å²) in [6, 6.07) is 6.65. The first kappa shape index (κ1) is 18.0. The van der Waals surface area contributed by atoms with Crippen molar-refractivity contribution in [1.82, 2.24) is 14.9 Å². The third kappa shape index (κ3) is 4.24. The fourth-order valence-electron chi connectivity index (χ4n) is 3.31. The minimum atomic E-state index is -0.260. The Hall–Kier alpha value is -1.82. The number of hydrogen-bond donors (Lipinski definition) is 1. The number of amides is 1. The van der Waals surface area contributed by atoms with E-state index in [1.54, 1.807) is 18.3 Å². The number of aromatic nitrogens is 2. The number of piperidine rings is 1. The van der Waals surface area contributed by atoms with Crippen LogP contribution in [0.25, 0.3) is 11.3 Å². The van der Waals surface area contributed by atoms with E-state index >= 15 is 0 Å². The second-order valence-electron chi connectivity index (χ2n) is 6.46. The Kier molecular flexibility index (Phi) is 5.78. The van der Waals surface area contributed by atoms with E-state index in [0.29, 0.717) is 11.2 Å². The van der Waals surface area contributed by atoms with E-state index in [9.17, 15) is 9.18 Å². The van der Waals surface area contributed by atoms with Crippen molar-refractivity contribution >= 4 is 17.7 Å². The van der Waals surface area contributed by atoms with Crippen LogP contribution in [0, 0.1) is 5.82 Å². The van der Waals surface area contributed by atoms with Crippen molar-refractivity contribution in [3.05, 3.63) is 36.3 Å². The van der Waals surface area contributed by atoms with Crippen LogP contribution in [0.3, 0.4) is 0 Å². The fraction of sp³-hybridized carbons (Fsp3) is 0.474. The summed E-state index contributed by atoms with van der Waals surface area (Å²) in [7, 11) is 0. The van der Waals surface area contributed by atoms with Gasteiger partial charge in [-0.15, -0.1) is 0 Å². The molecule has 1 amide bonds. The van der Waals surface area contributed by atoms with Crippen LogP contribution >= 0.6 is 11.8 Å². The largest absolute Gasteiger partial charge is 0.339 e. The number of nitrogens with zero attached hydrogens (tertiary/aromatic N) is 2. The van der Waals surface area contributed by atoms with Gasteiger partial charge in [-0.25, -0.2) is 9.37 Å². The van der Waals surface area contributed by atoms with Gasteiger partial charge in [-0.3, -0.25) is 4.79 Å². The Labute approximate surface area is 152 Å². The van der Waals surface area contributed by atoms with Crippen LogP contribution in [0.15, 0.2) is 35.6 Å². The summed E-state index contributed by atoms with van der Waals surface area (Å²) < 4.78 is 13.0. The van der Waals surface area contributed by atoms with E-state index < -0.39 is 0 Å². The van der Waals surface area contributed by atoms with Gasteiger partial charge < -0.3 is 9.88 Å². The minimum Gasteiger partial charge on any atom is -0.339 e. The van der Waals surface area contributed by atoms with Crippen LogP contribution in [-0.2, 0) is 4.79 Å². The number of H-pyrrole nitrogens is 1. The number of aromatic amines is 1. The quantitative estimate of drug-likeness (QED) is 0.799. The smallest absolute Gasteiger partial charge is 0.236 e. The van der Waals surface area contributed by atoms with E-state index in [1.165, 1.54) is 30.3 Å². The summed E-state index contributed by atoms with van der Waals surface area (Å²) in [5, 5.41) is 0.532. The summed E-state index contributed by atoms with van der Waals surface area (Å²) in [5.41, 5.74) is 1.70. The molecule has 1 aliphatic rings. The van der Waals surface area contributed by atoms with Crippen LogP contribution in [0.5, 0.6) is 0 Å². The minimum absolute atomic E-state index is 0.181. The molecule has 1 saturated heterocycles. The number of rotatable bonds is 5. The average molecular weight is 361 g/mol. The zero-order valence-corrected chi connectivity index (χ0v) is 15.5. The zero-order chi connectivity index (χ0) is 17.8. The number of imidazole rings is 1. The molecule has 4 nitrogen and oxygen atoms in total. The van der Waals surface area contributed by atoms with Gasteiger partial charge in [0.25, 0.3) is 0 Å². The Morgan fingerprint density at radius 3 is 2.88 bits per heavy atom. The molecule has 3 rings (SSSR count). The maximum Gasteiger partial charge on any atom is 0.236 e. The van der Waals surface area contributed by atoms with Crippen LogP contribution in [0.4, 0.5) is 4.39 Å². The number of nitrogens with one attached hydrogen (secondary N) is 1. The molecular formula is C19H24FN3OS. The first-order valence-electron chi connectivity index (χ1n) is 8.86. The van der Waals surface area contributed by atoms with Crippen molar-refractivity contribution in [2.45, 2.75) is 56.0 Å². The molecule has 2 heterocycles. The highest BCUT2D eigenvalue weighted by atomic mass is 32.2. The molecule has 1 aromatic heterocycles. The average Bonchev–Trinajstić information content (AvgIpc) is 3.10. The molecule has 0 saturated carbocycles. The molecule has 0 spiro atoms. The van der Waals surface area contributed by atoms with Gasteiger partial charge in [-0.2, -0.15) is 0 Å². The Balaban J connectivity index is 1.65. The number of carbonyl (C=O) groups is 1. The zero-order valence-electron chi connectivity index (χ0n) is 14.7. The second-order valence-corrected chi connectivity index (χ2v) is 7.79. The van der Waals surface area contributed by atoms with Crippen molar-refractivity contribution < 1.29 is 9.18 Å². The summed E-state index contributed by atoms with van der Waals surface area (Å²) in [4.78, 5) is 22.4. The number of benzene rings is 1. The topological polar surface area (TPSA) is 49.0 Å². The van der Waals surface area contributed by atoms with E-state index in [0.717, 1.165) is 37.1 Å². The maximum atomic E-state index is 13.0. The number of hydrogen-bond acceptors (Lipinski definition) is 3. The molecule has 0 radical (unpaired) electrons. The van der Waals surface area contributed by atoms with E-state index in [4.69, 9.17) is 0 Å². The maximum absolute atomic E-state index is 13.0. The highest BCUT2D eigenvalue weighted by Gasteiger charge is 2.29. The van der Waals surface area contributed by atoms with Crippen molar-refractivity contribution in [3.8, 4) is 11.3 Å². The van der Waals surface area contributed by atoms with Crippen LogP contribution in [0.2, 0.25) is 0 Å². The first-order chi connectivity index (χ1) is 12.1. The summed E-state index contributed by atoms with van der Waals surface area (Å²) in [5.74, 6) is -0.0691. The normalized spacial score (nSPS) is 19.0. The Bertz CT molecular complexity index is 716.